The molecular formula is C14H8ClF4N3O4. The third kappa shape index (κ3) is 4.36. The highest BCUT2D eigenvalue weighted by atomic mass is 35.5. The molecule has 0 aliphatic heterocycles. The van der Waals surface area contributed by atoms with Gasteiger partial charge < -0.3 is 9.88 Å². The number of hydrogen-bond donors (Lipinski definition) is 1. The van der Waals surface area contributed by atoms with E-state index in [0.29, 0.717) is 16.8 Å². The van der Waals surface area contributed by atoms with Crippen LogP contribution < -0.4 is 10.9 Å². The number of carbonyl (C=O) groups is 1. The van der Waals surface area contributed by atoms with Crippen LogP contribution in [0.2, 0.25) is 5.02 Å². The van der Waals surface area contributed by atoms with E-state index in [9.17, 15) is 37.3 Å². The number of anilines is 1. The maximum atomic E-state index is 13.2. The zero-order valence-electron chi connectivity index (χ0n) is 12.5. The molecule has 138 valence electrons. The number of rotatable bonds is 4. The lowest BCUT2D eigenvalue weighted by atomic mass is 10.2. The van der Waals surface area contributed by atoms with Crippen molar-refractivity contribution >= 4 is 28.9 Å². The fourth-order valence-corrected chi connectivity index (χ4v) is 2.18. The molecule has 0 saturated carbocycles. The Kier molecular flexibility index (Phi) is 5.30. The highest BCUT2D eigenvalue weighted by Gasteiger charge is 2.32. The number of pyridine rings is 1. The lowest BCUT2D eigenvalue weighted by Gasteiger charge is -2.12. The van der Waals surface area contributed by atoms with Gasteiger partial charge in [0.2, 0.25) is 11.7 Å². The first-order valence-corrected chi connectivity index (χ1v) is 7.08. The van der Waals surface area contributed by atoms with Gasteiger partial charge in [0.05, 0.1) is 10.5 Å². The second-order valence-corrected chi connectivity index (χ2v) is 5.39. The van der Waals surface area contributed by atoms with Gasteiger partial charge in [-0.25, -0.2) is 0 Å². The van der Waals surface area contributed by atoms with E-state index in [1.807, 2.05) is 0 Å². The molecule has 0 fully saturated rings. The van der Waals surface area contributed by atoms with Gasteiger partial charge in [-0.05, 0) is 18.2 Å². The Bertz CT molecular complexity index is 943. The van der Waals surface area contributed by atoms with E-state index in [-0.39, 0.29) is 5.69 Å². The van der Waals surface area contributed by atoms with Gasteiger partial charge in [0.1, 0.15) is 11.6 Å². The first kappa shape index (κ1) is 19.4. The maximum absolute atomic E-state index is 13.2. The first-order valence-electron chi connectivity index (χ1n) is 6.70. The molecule has 1 aromatic carbocycles. The Balaban J connectivity index is 2.26. The van der Waals surface area contributed by atoms with Gasteiger partial charge in [0.25, 0.3) is 5.56 Å². The Morgan fingerprint density at radius 1 is 1.31 bits per heavy atom. The molecule has 7 nitrogen and oxygen atoms in total. The number of nitro groups is 1. The average molecular weight is 394 g/mol. The lowest BCUT2D eigenvalue weighted by molar-refractivity contribution is -0.387. The van der Waals surface area contributed by atoms with Crippen molar-refractivity contribution in [1.29, 1.82) is 0 Å². The molecule has 26 heavy (non-hydrogen) atoms. The molecule has 0 radical (unpaired) electrons. The van der Waals surface area contributed by atoms with Crippen LogP contribution in [-0.4, -0.2) is 15.4 Å². The number of alkyl halides is 3. The fourth-order valence-electron chi connectivity index (χ4n) is 1.96. The number of nitrogens with zero attached hydrogens (tertiary/aromatic N) is 2. The molecule has 1 amide bonds. The summed E-state index contributed by atoms with van der Waals surface area (Å²) in [5, 5.41) is 12.0. The minimum Gasteiger partial charge on any atom is -0.324 e. The van der Waals surface area contributed by atoms with Crippen molar-refractivity contribution in [3.05, 3.63) is 67.3 Å². The molecule has 12 heteroatoms. The molecule has 1 N–H and O–H groups in total. The SMILES string of the molecule is O=C(Cn1cc(C(F)(F)F)cc(Cl)c1=O)Nc1ccc(F)c([N+](=O)[O-])c1. The molecule has 0 bridgehead atoms. The van der Waals surface area contributed by atoms with Gasteiger partial charge in [-0.15, -0.1) is 0 Å². The molecule has 0 aliphatic rings. The average Bonchev–Trinajstić information content (AvgIpc) is 2.52. The van der Waals surface area contributed by atoms with Crippen LogP contribution in [0, 0.1) is 15.9 Å². The molecule has 2 rings (SSSR count). The zero-order valence-corrected chi connectivity index (χ0v) is 13.3. The van der Waals surface area contributed by atoms with Gasteiger partial charge in [-0.1, -0.05) is 11.6 Å². The van der Waals surface area contributed by atoms with Crippen LogP contribution in [0.4, 0.5) is 28.9 Å². The predicted molar refractivity (Wildman–Crippen MR) is 82.4 cm³/mol. The number of nitrogens with one attached hydrogen (secondary N) is 1. The fraction of sp³-hybridized carbons (Fsp3) is 0.143. The van der Waals surface area contributed by atoms with Crippen molar-refractivity contribution in [2.75, 3.05) is 5.32 Å². The van der Waals surface area contributed by atoms with Gasteiger partial charge in [-0.2, -0.15) is 17.6 Å². The number of carbonyl (C=O) groups excluding carboxylic acids is 1. The highest BCUT2D eigenvalue weighted by molar-refractivity contribution is 6.30. The molecule has 0 saturated heterocycles. The summed E-state index contributed by atoms with van der Waals surface area (Å²) in [4.78, 5) is 33.3. The second kappa shape index (κ2) is 7.12. The van der Waals surface area contributed by atoms with Gasteiger partial charge in [-0.3, -0.25) is 19.7 Å². The van der Waals surface area contributed by atoms with Crippen LogP contribution in [0.5, 0.6) is 0 Å². The standard InChI is InChI=1S/C14H8ClF4N3O4/c15-9-3-7(14(17,18)19)5-21(13(9)24)6-12(23)20-8-1-2-10(16)11(4-8)22(25)26/h1-5H,6H2,(H,20,23). The van der Waals surface area contributed by atoms with E-state index in [2.05, 4.69) is 5.32 Å². The monoisotopic (exact) mass is 393 g/mol. The Morgan fingerprint density at radius 3 is 2.54 bits per heavy atom. The third-order valence-corrected chi connectivity index (χ3v) is 3.38. The lowest BCUT2D eigenvalue weighted by Crippen LogP contribution is -2.29. The minimum atomic E-state index is -4.78. The summed E-state index contributed by atoms with van der Waals surface area (Å²) >= 11 is 5.46. The van der Waals surface area contributed by atoms with Crippen LogP contribution in [0.1, 0.15) is 5.56 Å². The summed E-state index contributed by atoms with van der Waals surface area (Å²) in [6.07, 6.45) is -4.37. The largest absolute Gasteiger partial charge is 0.417 e. The van der Waals surface area contributed by atoms with E-state index >= 15 is 0 Å². The number of hydrogen-bond acceptors (Lipinski definition) is 4. The summed E-state index contributed by atoms with van der Waals surface area (Å²) in [6.45, 7) is -0.840. The normalized spacial score (nSPS) is 11.3. The Morgan fingerprint density at radius 2 is 1.96 bits per heavy atom. The number of amides is 1. The predicted octanol–water partition coefficient (Wildman–Crippen LogP) is 3.21. The van der Waals surface area contributed by atoms with E-state index in [1.165, 1.54) is 0 Å². The van der Waals surface area contributed by atoms with Crippen LogP contribution >= 0.6 is 11.6 Å². The van der Waals surface area contributed by atoms with Crippen molar-refractivity contribution in [1.82, 2.24) is 4.57 Å². The Hall–Kier alpha value is -2.95. The number of aromatic nitrogens is 1. The summed E-state index contributed by atoms with van der Waals surface area (Å²) in [5.74, 6) is -2.10. The molecule has 0 aliphatic carbocycles. The molecule has 1 heterocycles. The van der Waals surface area contributed by atoms with Crippen molar-refractivity contribution in [2.24, 2.45) is 0 Å². The van der Waals surface area contributed by atoms with Crippen LogP contribution in [0.15, 0.2) is 35.3 Å². The smallest absolute Gasteiger partial charge is 0.324 e. The highest BCUT2D eigenvalue weighted by Crippen LogP contribution is 2.29. The minimum absolute atomic E-state index is 0.172. The number of benzene rings is 1. The zero-order chi connectivity index (χ0) is 19.6. The van der Waals surface area contributed by atoms with Crippen LogP contribution in [0.3, 0.4) is 0 Å². The molecular weight excluding hydrogens is 386 g/mol. The second-order valence-electron chi connectivity index (χ2n) is 4.98. The van der Waals surface area contributed by atoms with Crippen molar-refractivity contribution in [2.45, 2.75) is 12.7 Å². The van der Waals surface area contributed by atoms with Crippen molar-refractivity contribution in [3.8, 4) is 0 Å². The number of nitro benzene ring substituents is 1. The topological polar surface area (TPSA) is 94.2 Å². The third-order valence-electron chi connectivity index (χ3n) is 3.11. The van der Waals surface area contributed by atoms with Crippen LogP contribution in [-0.2, 0) is 17.5 Å². The van der Waals surface area contributed by atoms with Crippen LogP contribution in [0.25, 0.3) is 0 Å². The first-order chi connectivity index (χ1) is 12.0. The van der Waals surface area contributed by atoms with Crippen molar-refractivity contribution < 1.29 is 27.3 Å². The van der Waals surface area contributed by atoms with Gasteiger partial charge >= 0.3 is 11.9 Å². The molecule has 0 atom stereocenters. The number of halogens is 5. The quantitative estimate of drug-likeness (QED) is 0.490. The maximum Gasteiger partial charge on any atom is 0.417 e. The van der Waals surface area contributed by atoms with Gasteiger partial charge in [0, 0.05) is 18.0 Å². The van der Waals surface area contributed by atoms with E-state index < -0.39 is 51.2 Å². The molecule has 0 unspecified atom stereocenters. The van der Waals surface area contributed by atoms with Gasteiger partial charge in [0.15, 0.2) is 0 Å². The molecule has 1 aromatic heterocycles. The molecule has 2 aromatic rings. The summed E-state index contributed by atoms with van der Waals surface area (Å²) < 4.78 is 51.9. The summed E-state index contributed by atoms with van der Waals surface area (Å²) in [7, 11) is 0. The summed E-state index contributed by atoms with van der Waals surface area (Å²) in [6, 6.07) is 2.92. The summed E-state index contributed by atoms with van der Waals surface area (Å²) in [5.41, 5.74) is -3.33. The van der Waals surface area contributed by atoms with E-state index in [4.69, 9.17) is 11.6 Å². The Labute approximate surface area is 147 Å². The van der Waals surface area contributed by atoms with Crippen molar-refractivity contribution in [3.63, 3.8) is 0 Å². The molecule has 0 spiro atoms. The van der Waals surface area contributed by atoms with E-state index in [1.54, 1.807) is 0 Å². The van der Waals surface area contributed by atoms with E-state index in [0.717, 1.165) is 18.2 Å².